The molecule has 1 atom stereocenters. The molecule has 0 aromatic heterocycles. The lowest BCUT2D eigenvalue weighted by Gasteiger charge is -2.24. The van der Waals surface area contributed by atoms with Crippen LogP contribution in [0.1, 0.15) is 24.9 Å². The first-order chi connectivity index (χ1) is 9.10. The monoisotopic (exact) mass is 265 g/mol. The number of benzene rings is 1. The van der Waals surface area contributed by atoms with Crippen LogP contribution in [0.15, 0.2) is 18.2 Å². The first-order valence-corrected chi connectivity index (χ1v) is 5.90. The minimum atomic E-state index is -0.431. The summed E-state index contributed by atoms with van der Waals surface area (Å²) in [6, 6.07) is 5.06. The van der Waals surface area contributed by atoms with Crippen LogP contribution >= 0.6 is 0 Å². The van der Waals surface area contributed by atoms with E-state index < -0.39 is 12.1 Å². The lowest BCUT2D eigenvalue weighted by molar-refractivity contribution is -0.132. The van der Waals surface area contributed by atoms with Gasteiger partial charge in [-0.05, 0) is 17.7 Å². The Labute approximate surface area is 110 Å². The van der Waals surface area contributed by atoms with Gasteiger partial charge < -0.3 is 19.5 Å². The van der Waals surface area contributed by atoms with Gasteiger partial charge in [-0.2, -0.15) is 0 Å². The van der Waals surface area contributed by atoms with Crippen molar-refractivity contribution in [2.45, 2.75) is 19.4 Å². The van der Waals surface area contributed by atoms with Crippen molar-refractivity contribution in [1.82, 2.24) is 5.32 Å². The van der Waals surface area contributed by atoms with E-state index in [1.54, 1.807) is 18.2 Å². The minimum absolute atomic E-state index is 0.124. The predicted octanol–water partition coefficient (Wildman–Crippen LogP) is 1.79. The fraction of sp³-hybridized carbons (Fsp3) is 0.385. The van der Waals surface area contributed by atoms with E-state index in [1.807, 2.05) is 0 Å². The standard InChI is InChI=1S/C13H15NO5/c1-8(15)19-11-4-3-9(7-12(11)17-2)10-5-6-18-13(16)14-10/h3-4,7,10H,5-6H2,1-2H3,(H,14,16)/t10-/m1/s1. The average molecular weight is 265 g/mol. The highest BCUT2D eigenvalue weighted by molar-refractivity contribution is 5.71. The van der Waals surface area contributed by atoms with Crippen LogP contribution < -0.4 is 14.8 Å². The molecule has 102 valence electrons. The number of hydrogen-bond acceptors (Lipinski definition) is 5. The van der Waals surface area contributed by atoms with Gasteiger partial charge in [0.25, 0.3) is 0 Å². The Kier molecular flexibility index (Phi) is 3.89. The predicted molar refractivity (Wildman–Crippen MR) is 66.1 cm³/mol. The minimum Gasteiger partial charge on any atom is -0.493 e. The second-order valence-electron chi connectivity index (χ2n) is 4.13. The summed E-state index contributed by atoms with van der Waals surface area (Å²) in [4.78, 5) is 22.1. The van der Waals surface area contributed by atoms with Gasteiger partial charge in [-0.15, -0.1) is 0 Å². The Balaban J connectivity index is 2.22. The van der Waals surface area contributed by atoms with Crippen LogP contribution in [-0.2, 0) is 9.53 Å². The van der Waals surface area contributed by atoms with Gasteiger partial charge in [0.1, 0.15) is 0 Å². The van der Waals surface area contributed by atoms with Crippen LogP contribution in [0.3, 0.4) is 0 Å². The van der Waals surface area contributed by atoms with Gasteiger partial charge in [-0.1, -0.05) is 6.07 Å². The largest absolute Gasteiger partial charge is 0.493 e. The van der Waals surface area contributed by atoms with E-state index in [4.69, 9.17) is 14.2 Å². The third-order valence-electron chi connectivity index (χ3n) is 2.78. The first-order valence-electron chi connectivity index (χ1n) is 5.90. The second kappa shape index (κ2) is 5.60. The number of ether oxygens (including phenoxy) is 3. The van der Waals surface area contributed by atoms with E-state index in [2.05, 4.69) is 5.32 Å². The van der Waals surface area contributed by atoms with Crippen molar-refractivity contribution in [3.05, 3.63) is 23.8 Å². The molecule has 0 radical (unpaired) electrons. The third kappa shape index (κ3) is 3.15. The fourth-order valence-electron chi connectivity index (χ4n) is 1.92. The Morgan fingerprint density at radius 2 is 2.21 bits per heavy atom. The first kappa shape index (κ1) is 13.2. The number of rotatable bonds is 3. The topological polar surface area (TPSA) is 73.9 Å². The maximum Gasteiger partial charge on any atom is 0.407 e. The maximum atomic E-state index is 11.2. The summed E-state index contributed by atoms with van der Waals surface area (Å²) in [6.07, 6.45) is 0.251. The van der Waals surface area contributed by atoms with E-state index in [0.29, 0.717) is 24.5 Å². The fourth-order valence-corrected chi connectivity index (χ4v) is 1.92. The van der Waals surface area contributed by atoms with Gasteiger partial charge in [-0.25, -0.2) is 4.79 Å². The molecule has 6 heteroatoms. The van der Waals surface area contributed by atoms with E-state index in [1.165, 1.54) is 14.0 Å². The Morgan fingerprint density at radius 1 is 1.42 bits per heavy atom. The summed E-state index contributed by atoms with van der Waals surface area (Å²) >= 11 is 0. The SMILES string of the molecule is COc1cc([C@H]2CCOC(=O)N2)ccc1OC(C)=O. The molecule has 1 saturated heterocycles. The van der Waals surface area contributed by atoms with Crippen molar-refractivity contribution in [2.24, 2.45) is 0 Å². The van der Waals surface area contributed by atoms with Crippen LogP contribution in [0.4, 0.5) is 4.79 Å². The molecular formula is C13H15NO5. The summed E-state index contributed by atoms with van der Waals surface area (Å²) in [5, 5.41) is 2.72. The summed E-state index contributed by atoms with van der Waals surface area (Å²) in [6.45, 7) is 1.70. The zero-order valence-corrected chi connectivity index (χ0v) is 10.8. The number of esters is 1. The molecule has 6 nitrogen and oxygen atoms in total. The van der Waals surface area contributed by atoms with Crippen molar-refractivity contribution in [1.29, 1.82) is 0 Å². The number of hydrogen-bond donors (Lipinski definition) is 1. The molecule has 0 unspecified atom stereocenters. The Bertz CT molecular complexity index is 500. The van der Waals surface area contributed by atoms with Crippen LogP contribution in [-0.4, -0.2) is 25.8 Å². The van der Waals surface area contributed by atoms with Crippen LogP contribution in [0.2, 0.25) is 0 Å². The molecular weight excluding hydrogens is 250 g/mol. The molecule has 1 heterocycles. The number of alkyl carbamates (subject to hydrolysis) is 1. The molecule has 19 heavy (non-hydrogen) atoms. The van der Waals surface area contributed by atoms with Gasteiger partial charge >= 0.3 is 12.1 Å². The highest BCUT2D eigenvalue weighted by atomic mass is 16.6. The van der Waals surface area contributed by atoms with E-state index in [9.17, 15) is 9.59 Å². The molecule has 0 spiro atoms. The molecule has 1 amide bonds. The zero-order valence-electron chi connectivity index (χ0n) is 10.8. The summed E-state index contributed by atoms with van der Waals surface area (Å²) < 4.78 is 15.0. The average Bonchev–Trinajstić information content (AvgIpc) is 2.38. The van der Waals surface area contributed by atoms with Crippen LogP contribution in [0.5, 0.6) is 11.5 Å². The number of cyclic esters (lactones) is 1. The van der Waals surface area contributed by atoms with Crippen LogP contribution in [0, 0.1) is 0 Å². The number of carbonyl (C=O) groups is 2. The molecule has 0 bridgehead atoms. The second-order valence-corrected chi connectivity index (χ2v) is 4.13. The number of amides is 1. The van der Waals surface area contributed by atoms with Gasteiger partial charge in [-0.3, -0.25) is 4.79 Å². The van der Waals surface area contributed by atoms with E-state index >= 15 is 0 Å². The van der Waals surface area contributed by atoms with Crippen molar-refractivity contribution in [2.75, 3.05) is 13.7 Å². The Hall–Kier alpha value is -2.24. The van der Waals surface area contributed by atoms with Gasteiger partial charge in [0.15, 0.2) is 11.5 Å². The van der Waals surface area contributed by atoms with E-state index in [0.717, 1.165) is 5.56 Å². The molecule has 1 aromatic rings. The highest BCUT2D eigenvalue weighted by Crippen LogP contribution is 2.32. The molecule has 1 aliphatic rings. The summed E-state index contributed by atoms with van der Waals surface area (Å²) in [5.74, 6) is 0.399. The molecule has 1 N–H and O–H groups in total. The van der Waals surface area contributed by atoms with Crippen molar-refractivity contribution in [3.8, 4) is 11.5 Å². The Morgan fingerprint density at radius 3 is 2.84 bits per heavy atom. The lowest BCUT2D eigenvalue weighted by Crippen LogP contribution is -2.35. The van der Waals surface area contributed by atoms with E-state index in [-0.39, 0.29) is 6.04 Å². The molecule has 1 fully saturated rings. The van der Waals surface area contributed by atoms with Gasteiger partial charge in [0, 0.05) is 13.3 Å². The summed E-state index contributed by atoms with van der Waals surface area (Å²) in [5.41, 5.74) is 0.879. The maximum absolute atomic E-state index is 11.2. The molecule has 1 aliphatic heterocycles. The molecule has 0 saturated carbocycles. The van der Waals surface area contributed by atoms with Crippen molar-refractivity contribution < 1.29 is 23.8 Å². The summed E-state index contributed by atoms with van der Waals surface area (Å²) in [7, 11) is 1.49. The molecule has 0 aliphatic carbocycles. The molecule has 2 rings (SSSR count). The zero-order chi connectivity index (χ0) is 13.8. The third-order valence-corrected chi connectivity index (χ3v) is 2.78. The van der Waals surface area contributed by atoms with Crippen LogP contribution in [0.25, 0.3) is 0 Å². The highest BCUT2D eigenvalue weighted by Gasteiger charge is 2.22. The number of carbonyl (C=O) groups excluding carboxylic acids is 2. The molecule has 1 aromatic carbocycles. The normalized spacial score (nSPS) is 18.2. The number of methoxy groups -OCH3 is 1. The van der Waals surface area contributed by atoms with Gasteiger partial charge in [0.2, 0.25) is 0 Å². The lowest BCUT2D eigenvalue weighted by atomic mass is 10.0. The van der Waals surface area contributed by atoms with Crippen molar-refractivity contribution in [3.63, 3.8) is 0 Å². The number of nitrogens with one attached hydrogen (secondary N) is 1. The van der Waals surface area contributed by atoms with Gasteiger partial charge in [0.05, 0.1) is 19.8 Å². The van der Waals surface area contributed by atoms with Crippen molar-refractivity contribution >= 4 is 12.1 Å². The quantitative estimate of drug-likeness (QED) is 0.666. The smallest absolute Gasteiger partial charge is 0.407 e.